The van der Waals surface area contributed by atoms with Crippen LogP contribution in [0.5, 0.6) is 0 Å². The van der Waals surface area contributed by atoms with Gasteiger partial charge in [0.1, 0.15) is 12.6 Å². The Morgan fingerprint density at radius 1 is 1.17 bits per heavy atom. The average Bonchev–Trinajstić information content (AvgIpc) is 2.60. The number of rotatable bonds is 10. The fourth-order valence-corrected chi connectivity index (χ4v) is 1.97. The minimum absolute atomic E-state index is 0.159. The number of carbonyl (C=O) groups excluding carboxylic acids is 2. The predicted molar refractivity (Wildman–Crippen MR) is 93.2 cm³/mol. The summed E-state index contributed by atoms with van der Waals surface area (Å²) in [5, 5.41) is 2.45. The molecule has 0 aliphatic carbocycles. The second-order valence-corrected chi connectivity index (χ2v) is 5.59. The summed E-state index contributed by atoms with van der Waals surface area (Å²) in [5.74, 6) is -0.517. The van der Waals surface area contributed by atoms with Crippen molar-refractivity contribution in [1.82, 2.24) is 5.32 Å². The lowest BCUT2D eigenvalue weighted by atomic mass is 10.1. The van der Waals surface area contributed by atoms with Crippen molar-refractivity contribution < 1.29 is 19.1 Å². The topological polar surface area (TPSA) is 64.6 Å². The number of amides is 1. The van der Waals surface area contributed by atoms with Gasteiger partial charge in [0.2, 0.25) is 0 Å². The Bertz CT molecular complexity index is 513. The molecule has 1 atom stereocenters. The van der Waals surface area contributed by atoms with Crippen LogP contribution in [0, 0.1) is 0 Å². The summed E-state index contributed by atoms with van der Waals surface area (Å²) in [6, 6.07) is 8.57. The number of hydrogen-bond acceptors (Lipinski definition) is 4. The molecule has 1 amide bonds. The van der Waals surface area contributed by atoms with Crippen LogP contribution in [0.25, 0.3) is 0 Å². The van der Waals surface area contributed by atoms with Crippen LogP contribution in [-0.2, 0) is 20.9 Å². The van der Waals surface area contributed by atoms with Crippen LogP contribution in [0.1, 0.15) is 51.5 Å². The Hall–Kier alpha value is -2.30. The molecular formula is C19H27NO4. The molecule has 0 aliphatic rings. The van der Waals surface area contributed by atoms with Gasteiger partial charge in [0.25, 0.3) is 0 Å². The van der Waals surface area contributed by atoms with Gasteiger partial charge in [0, 0.05) is 0 Å². The first-order chi connectivity index (χ1) is 11.6. The van der Waals surface area contributed by atoms with Crippen molar-refractivity contribution in [3.63, 3.8) is 0 Å². The second kappa shape index (κ2) is 12.2. The van der Waals surface area contributed by atoms with E-state index in [1.54, 1.807) is 6.92 Å². The van der Waals surface area contributed by atoms with Gasteiger partial charge in [-0.15, -0.1) is 0 Å². The van der Waals surface area contributed by atoms with E-state index in [0.717, 1.165) is 18.4 Å². The van der Waals surface area contributed by atoms with Gasteiger partial charge in [-0.05, 0) is 31.4 Å². The molecule has 1 aromatic rings. The van der Waals surface area contributed by atoms with Gasteiger partial charge in [-0.2, -0.15) is 0 Å². The molecule has 0 aliphatic heterocycles. The zero-order chi connectivity index (χ0) is 17.6. The lowest BCUT2D eigenvalue weighted by Crippen LogP contribution is -2.39. The number of alkyl carbamates (subject to hydrolysis) is 1. The number of allylic oxidation sites excluding steroid dienone is 1. The number of benzene rings is 1. The number of ether oxygens (including phenoxy) is 2. The highest BCUT2D eigenvalue weighted by Crippen LogP contribution is 2.03. The van der Waals surface area contributed by atoms with Gasteiger partial charge in [0.05, 0.1) is 6.26 Å². The SMILES string of the molecule is CCCCCC/C=C\OC(=O)[C@H](C)NC(=O)OCc1ccccc1. The van der Waals surface area contributed by atoms with E-state index in [2.05, 4.69) is 12.2 Å². The van der Waals surface area contributed by atoms with Crippen molar-refractivity contribution >= 4 is 12.1 Å². The van der Waals surface area contributed by atoms with Crippen molar-refractivity contribution in [3.05, 3.63) is 48.2 Å². The maximum atomic E-state index is 11.7. The fraction of sp³-hybridized carbons (Fsp3) is 0.474. The highest BCUT2D eigenvalue weighted by molar-refractivity contribution is 5.81. The van der Waals surface area contributed by atoms with E-state index in [9.17, 15) is 9.59 Å². The molecule has 24 heavy (non-hydrogen) atoms. The van der Waals surface area contributed by atoms with Crippen LogP contribution in [-0.4, -0.2) is 18.1 Å². The van der Waals surface area contributed by atoms with Gasteiger partial charge in [-0.25, -0.2) is 9.59 Å². The Balaban J connectivity index is 2.18. The number of carbonyl (C=O) groups is 2. The molecule has 0 aromatic heterocycles. The van der Waals surface area contributed by atoms with Crippen molar-refractivity contribution in [2.75, 3.05) is 0 Å². The molecule has 0 bridgehead atoms. The van der Waals surface area contributed by atoms with E-state index < -0.39 is 18.1 Å². The summed E-state index contributed by atoms with van der Waals surface area (Å²) < 4.78 is 10.0. The van der Waals surface area contributed by atoms with Crippen LogP contribution in [0.3, 0.4) is 0 Å². The Morgan fingerprint density at radius 3 is 2.62 bits per heavy atom. The molecule has 0 heterocycles. The molecule has 0 spiro atoms. The third-order valence-corrected chi connectivity index (χ3v) is 3.41. The van der Waals surface area contributed by atoms with Gasteiger partial charge in [-0.3, -0.25) is 0 Å². The molecule has 132 valence electrons. The van der Waals surface area contributed by atoms with E-state index in [1.165, 1.54) is 25.5 Å². The molecule has 5 heteroatoms. The molecule has 0 saturated carbocycles. The zero-order valence-corrected chi connectivity index (χ0v) is 14.5. The molecule has 0 fully saturated rings. The summed E-state index contributed by atoms with van der Waals surface area (Å²) in [5.41, 5.74) is 0.883. The lowest BCUT2D eigenvalue weighted by molar-refractivity contribution is -0.139. The van der Waals surface area contributed by atoms with E-state index in [1.807, 2.05) is 36.4 Å². The van der Waals surface area contributed by atoms with Gasteiger partial charge in [-0.1, -0.05) is 56.5 Å². The second-order valence-electron chi connectivity index (χ2n) is 5.59. The van der Waals surface area contributed by atoms with Crippen LogP contribution in [0.15, 0.2) is 42.7 Å². The van der Waals surface area contributed by atoms with Crippen LogP contribution in [0.4, 0.5) is 4.79 Å². The molecule has 1 aromatic carbocycles. The quantitative estimate of drug-likeness (QED) is 0.393. The first-order valence-corrected chi connectivity index (χ1v) is 8.46. The maximum Gasteiger partial charge on any atom is 0.408 e. The van der Waals surface area contributed by atoms with Crippen molar-refractivity contribution in [3.8, 4) is 0 Å². The monoisotopic (exact) mass is 333 g/mol. The van der Waals surface area contributed by atoms with Crippen LogP contribution in [0.2, 0.25) is 0 Å². The highest BCUT2D eigenvalue weighted by atomic mass is 16.6. The highest BCUT2D eigenvalue weighted by Gasteiger charge is 2.17. The lowest BCUT2D eigenvalue weighted by Gasteiger charge is -2.12. The Labute approximate surface area is 144 Å². The van der Waals surface area contributed by atoms with E-state index in [4.69, 9.17) is 9.47 Å². The predicted octanol–water partition coefficient (Wildman–Crippen LogP) is 4.33. The first-order valence-electron chi connectivity index (χ1n) is 8.46. The maximum absolute atomic E-state index is 11.7. The molecule has 5 nitrogen and oxygen atoms in total. The Morgan fingerprint density at radius 2 is 1.92 bits per heavy atom. The minimum atomic E-state index is -0.766. The van der Waals surface area contributed by atoms with Crippen LogP contribution < -0.4 is 5.32 Å². The first kappa shape index (κ1) is 19.7. The molecule has 0 radical (unpaired) electrons. The molecular weight excluding hydrogens is 306 g/mol. The Kier molecular flexibility index (Phi) is 10.0. The van der Waals surface area contributed by atoms with Gasteiger partial charge in [0.15, 0.2) is 0 Å². The summed E-state index contributed by atoms with van der Waals surface area (Å²) in [6.07, 6.45) is 8.14. The smallest absolute Gasteiger partial charge is 0.408 e. The third-order valence-electron chi connectivity index (χ3n) is 3.41. The van der Waals surface area contributed by atoms with Crippen molar-refractivity contribution in [2.24, 2.45) is 0 Å². The fourth-order valence-electron chi connectivity index (χ4n) is 1.97. The number of unbranched alkanes of at least 4 members (excludes halogenated alkanes) is 4. The third kappa shape index (κ3) is 8.98. The largest absolute Gasteiger partial charge is 0.445 e. The van der Waals surface area contributed by atoms with Crippen molar-refractivity contribution in [1.29, 1.82) is 0 Å². The van der Waals surface area contributed by atoms with Crippen LogP contribution >= 0.6 is 0 Å². The normalized spacial score (nSPS) is 11.9. The number of esters is 1. The summed E-state index contributed by atoms with van der Waals surface area (Å²) in [4.78, 5) is 23.4. The number of nitrogens with one attached hydrogen (secondary N) is 1. The minimum Gasteiger partial charge on any atom is -0.445 e. The number of hydrogen-bond donors (Lipinski definition) is 1. The molecule has 1 N–H and O–H groups in total. The van der Waals surface area contributed by atoms with Gasteiger partial charge >= 0.3 is 12.1 Å². The van der Waals surface area contributed by atoms with E-state index in [0.29, 0.717) is 0 Å². The summed E-state index contributed by atoms with van der Waals surface area (Å²) in [6.45, 7) is 3.88. The molecule has 1 rings (SSSR count). The van der Waals surface area contributed by atoms with E-state index >= 15 is 0 Å². The molecule has 0 saturated heterocycles. The molecule has 0 unspecified atom stereocenters. The van der Waals surface area contributed by atoms with Crippen molar-refractivity contribution in [2.45, 2.75) is 58.6 Å². The van der Waals surface area contributed by atoms with E-state index in [-0.39, 0.29) is 6.61 Å². The zero-order valence-electron chi connectivity index (χ0n) is 14.5. The summed E-state index contributed by atoms with van der Waals surface area (Å²) >= 11 is 0. The standard InChI is InChI=1S/C19H27NO4/c1-3-4-5-6-7-11-14-23-18(21)16(2)20-19(22)24-15-17-12-9-8-10-13-17/h8-14,16H,3-7,15H2,1-2H3,(H,20,22)/b14-11-/t16-/m0/s1. The van der Waals surface area contributed by atoms with Gasteiger partial charge < -0.3 is 14.8 Å². The average molecular weight is 333 g/mol. The summed E-state index contributed by atoms with van der Waals surface area (Å²) in [7, 11) is 0.